The Balaban J connectivity index is 1.60. The smallest absolute Gasteiger partial charge is 0.332 e. The molecule has 2 aliphatic heterocycles. The normalized spacial score (nSPS) is 19.2. The van der Waals surface area contributed by atoms with Gasteiger partial charge in [-0.2, -0.15) is 0 Å². The molecule has 4 rings (SSSR count). The summed E-state index contributed by atoms with van der Waals surface area (Å²) in [5.41, 5.74) is 1.12. The molecule has 1 fully saturated rings. The number of imide groups is 1. The Morgan fingerprint density at radius 1 is 1.14 bits per heavy atom. The van der Waals surface area contributed by atoms with Gasteiger partial charge in [-0.05, 0) is 48.9 Å². The van der Waals surface area contributed by atoms with Crippen LogP contribution in [0, 0.1) is 5.82 Å². The molecule has 0 saturated carbocycles. The minimum Gasteiger partial charge on any atom is -0.489 e. The molecule has 0 aromatic heterocycles. The topological polar surface area (TPSA) is 59.1 Å². The van der Waals surface area contributed by atoms with E-state index >= 15 is 0 Å². The van der Waals surface area contributed by atoms with Crippen molar-refractivity contribution < 1.29 is 23.5 Å². The van der Waals surface area contributed by atoms with Crippen LogP contribution in [0.2, 0.25) is 5.02 Å². The highest BCUT2D eigenvalue weighted by Crippen LogP contribution is 2.38. The van der Waals surface area contributed by atoms with E-state index < -0.39 is 17.9 Å². The van der Waals surface area contributed by atoms with Crippen LogP contribution in [-0.4, -0.2) is 36.1 Å². The first-order valence-corrected chi connectivity index (χ1v) is 9.31. The fourth-order valence-corrected chi connectivity index (χ4v) is 3.65. The van der Waals surface area contributed by atoms with Gasteiger partial charge in [0.15, 0.2) is 11.5 Å². The Bertz CT molecular complexity index is 935. The Labute approximate surface area is 166 Å². The van der Waals surface area contributed by atoms with Crippen LogP contribution in [0.4, 0.5) is 14.9 Å². The Hall–Kier alpha value is -2.80. The number of hydrogen-bond acceptors (Lipinski definition) is 4. The molecule has 146 valence electrons. The summed E-state index contributed by atoms with van der Waals surface area (Å²) in [7, 11) is 0. The van der Waals surface area contributed by atoms with E-state index in [2.05, 4.69) is 0 Å². The van der Waals surface area contributed by atoms with Gasteiger partial charge >= 0.3 is 6.03 Å². The SMILES string of the molecule is CC1C(=O)N(Cc2cc(Cl)c3c(c2)OCCCO3)C(=O)N1c1ccc(F)cc1. The fraction of sp³-hybridized carbons (Fsp3) is 0.300. The lowest BCUT2D eigenvalue weighted by molar-refractivity contribution is -0.127. The summed E-state index contributed by atoms with van der Waals surface area (Å²) < 4.78 is 24.5. The van der Waals surface area contributed by atoms with Crippen molar-refractivity contribution in [3.8, 4) is 11.5 Å². The van der Waals surface area contributed by atoms with Gasteiger partial charge < -0.3 is 9.47 Å². The molecule has 0 bridgehead atoms. The van der Waals surface area contributed by atoms with Gasteiger partial charge in [0.25, 0.3) is 5.91 Å². The number of carbonyl (C=O) groups is 2. The van der Waals surface area contributed by atoms with Crippen LogP contribution in [0.1, 0.15) is 18.9 Å². The Morgan fingerprint density at radius 2 is 1.86 bits per heavy atom. The van der Waals surface area contributed by atoms with Crippen LogP contribution in [0.3, 0.4) is 0 Å². The molecule has 28 heavy (non-hydrogen) atoms. The molecule has 1 unspecified atom stereocenters. The lowest BCUT2D eigenvalue weighted by Gasteiger charge is -2.19. The van der Waals surface area contributed by atoms with Gasteiger partial charge in [-0.1, -0.05) is 11.6 Å². The fourth-order valence-electron chi connectivity index (χ4n) is 3.37. The van der Waals surface area contributed by atoms with Crippen molar-refractivity contribution in [2.45, 2.75) is 25.9 Å². The Kier molecular flexibility index (Phi) is 4.85. The number of carbonyl (C=O) groups excluding carboxylic acids is 2. The summed E-state index contributed by atoms with van der Waals surface area (Å²) in [6, 6.07) is 7.72. The van der Waals surface area contributed by atoms with E-state index in [4.69, 9.17) is 21.1 Å². The molecule has 8 heteroatoms. The standard InChI is InChI=1S/C20H18ClFN2O4/c1-12-19(25)23(20(26)24(12)15-5-3-14(22)4-6-15)11-13-9-16(21)18-17(10-13)27-7-2-8-28-18/h3-6,9-10,12H,2,7-8,11H2,1H3. The van der Waals surface area contributed by atoms with E-state index in [9.17, 15) is 14.0 Å². The number of fused-ring (bicyclic) bond motifs is 1. The maximum Gasteiger partial charge on any atom is 0.332 e. The average molecular weight is 405 g/mol. The molecule has 0 aliphatic carbocycles. The molecular formula is C20H18ClFN2O4. The van der Waals surface area contributed by atoms with E-state index in [0.29, 0.717) is 41.0 Å². The number of rotatable bonds is 3. The van der Waals surface area contributed by atoms with Gasteiger partial charge in [-0.25, -0.2) is 9.18 Å². The average Bonchev–Trinajstić information content (AvgIpc) is 2.85. The predicted octanol–water partition coefficient (Wildman–Crippen LogP) is 4.00. The van der Waals surface area contributed by atoms with E-state index in [1.54, 1.807) is 19.1 Å². The van der Waals surface area contributed by atoms with Crippen molar-refractivity contribution in [1.82, 2.24) is 4.90 Å². The first kappa shape index (κ1) is 18.6. The van der Waals surface area contributed by atoms with Crippen LogP contribution in [0.5, 0.6) is 11.5 Å². The summed E-state index contributed by atoms with van der Waals surface area (Å²) in [5, 5.41) is 0.372. The van der Waals surface area contributed by atoms with Crippen molar-refractivity contribution in [2.75, 3.05) is 18.1 Å². The largest absolute Gasteiger partial charge is 0.489 e. The first-order chi connectivity index (χ1) is 13.5. The minimum absolute atomic E-state index is 0.0516. The van der Waals surface area contributed by atoms with Crippen LogP contribution in [-0.2, 0) is 11.3 Å². The monoisotopic (exact) mass is 404 g/mol. The number of hydrogen-bond donors (Lipinski definition) is 0. The second-order valence-electron chi connectivity index (χ2n) is 6.68. The molecule has 2 aromatic rings. The highest BCUT2D eigenvalue weighted by molar-refractivity contribution is 6.32. The second-order valence-corrected chi connectivity index (χ2v) is 7.09. The summed E-state index contributed by atoms with van der Waals surface area (Å²) in [6.45, 7) is 2.71. The summed E-state index contributed by atoms with van der Waals surface area (Å²) in [5.74, 6) is 0.233. The molecule has 2 heterocycles. The first-order valence-electron chi connectivity index (χ1n) is 8.94. The molecule has 2 aliphatic rings. The van der Waals surface area contributed by atoms with E-state index in [1.165, 1.54) is 29.2 Å². The molecule has 0 spiro atoms. The maximum absolute atomic E-state index is 13.2. The number of anilines is 1. The van der Waals surface area contributed by atoms with Crippen LogP contribution in [0.15, 0.2) is 36.4 Å². The summed E-state index contributed by atoms with van der Waals surface area (Å²) in [6.07, 6.45) is 0.744. The number of nitrogens with zero attached hydrogens (tertiary/aromatic N) is 2. The molecular weight excluding hydrogens is 387 g/mol. The van der Waals surface area contributed by atoms with Crippen molar-refractivity contribution >= 4 is 29.2 Å². The zero-order valence-electron chi connectivity index (χ0n) is 15.2. The third-order valence-electron chi connectivity index (χ3n) is 4.76. The number of ether oxygens (including phenoxy) is 2. The zero-order chi connectivity index (χ0) is 19.8. The molecule has 1 atom stereocenters. The van der Waals surface area contributed by atoms with Crippen molar-refractivity contribution in [1.29, 1.82) is 0 Å². The molecule has 6 nitrogen and oxygen atoms in total. The number of benzene rings is 2. The predicted molar refractivity (Wildman–Crippen MR) is 101 cm³/mol. The number of halogens is 2. The minimum atomic E-state index is -0.686. The van der Waals surface area contributed by atoms with Crippen LogP contribution in [0.25, 0.3) is 0 Å². The quantitative estimate of drug-likeness (QED) is 0.725. The third kappa shape index (κ3) is 3.26. The van der Waals surface area contributed by atoms with E-state index in [0.717, 1.165) is 11.3 Å². The van der Waals surface area contributed by atoms with Crippen molar-refractivity contribution in [3.63, 3.8) is 0 Å². The maximum atomic E-state index is 13.2. The molecule has 1 saturated heterocycles. The number of urea groups is 1. The van der Waals surface area contributed by atoms with Gasteiger partial charge in [-0.15, -0.1) is 0 Å². The van der Waals surface area contributed by atoms with Gasteiger partial charge in [0.05, 0.1) is 24.8 Å². The van der Waals surface area contributed by atoms with Gasteiger partial charge in [0.1, 0.15) is 11.9 Å². The van der Waals surface area contributed by atoms with Crippen LogP contribution >= 0.6 is 11.6 Å². The molecule has 3 amide bonds. The van der Waals surface area contributed by atoms with Gasteiger partial charge in [0, 0.05) is 12.1 Å². The highest BCUT2D eigenvalue weighted by atomic mass is 35.5. The third-order valence-corrected chi connectivity index (χ3v) is 5.04. The van der Waals surface area contributed by atoms with Crippen molar-refractivity contribution in [2.24, 2.45) is 0 Å². The summed E-state index contributed by atoms with van der Waals surface area (Å²) >= 11 is 6.31. The number of amides is 3. The van der Waals surface area contributed by atoms with Crippen molar-refractivity contribution in [3.05, 3.63) is 52.8 Å². The van der Waals surface area contributed by atoms with Gasteiger partial charge in [-0.3, -0.25) is 14.6 Å². The lowest BCUT2D eigenvalue weighted by Crippen LogP contribution is -2.33. The molecule has 0 N–H and O–H groups in total. The van der Waals surface area contributed by atoms with E-state index in [-0.39, 0.29) is 12.5 Å². The molecule has 2 aromatic carbocycles. The van der Waals surface area contributed by atoms with Crippen LogP contribution < -0.4 is 14.4 Å². The Morgan fingerprint density at radius 3 is 2.61 bits per heavy atom. The lowest BCUT2D eigenvalue weighted by atomic mass is 10.2. The van der Waals surface area contributed by atoms with Gasteiger partial charge in [0.2, 0.25) is 0 Å². The molecule has 0 radical (unpaired) electrons. The highest BCUT2D eigenvalue weighted by Gasteiger charge is 2.43. The summed E-state index contributed by atoms with van der Waals surface area (Å²) in [4.78, 5) is 28.1. The zero-order valence-corrected chi connectivity index (χ0v) is 15.9. The second kappa shape index (κ2) is 7.31. The van der Waals surface area contributed by atoms with E-state index in [1.807, 2.05) is 0 Å².